The second kappa shape index (κ2) is 3.67. The first-order chi connectivity index (χ1) is 6.71. The first-order valence-electron chi connectivity index (χ1n) is 4.94. The van der Waals surface area contributed by atoms with Gasteiger partial charge in [-0.05, 0) is 13.0 Å². The van der Waals surface area contributed by atoms with Crippen molar-refractivity contribution in [3.63, 3.8) is 0 Å². The zero-order valence-corrected chi connectivity index (χ0v) is 8.36. The Morgan fingerprint density at radius 2 is 2.07 bits per heavy atom. The summed E-state index contributed by atoms with van der Waals surface area (Å²) in [5, 5.41) is 10.3. The van der Waals surface area contributed by atoms with E-state index in [4.69, 9.17) is 4.74 Å². The van der Waals surface area contributed by atoms with E-state index in [2.05, 4.69) is 4.98 Å². The molecule has 1 N–H and O–H groups in total. The number of aromatic nitrogens is 1. The normalized spacial score (nSPS) is 20.7. The maximum absolute atomic E-state index is 10.3. The molecule has 0 atom stereocenters. The van der Waals surface area contributed by atoms with Gasteiger partial charge in [0.25, 0.3) is 0 Å². The number of aryl methyl sites for hydroxylation is 1. The van der Waals surface area contributed by atoms with Gasteiger partial charge in [0.15, 0.2) is 0 Å². The number of rotatable bonds is 1. The molecule has 0 saturated carbocycles. The summed E-state index contributed by atoms with van der Waals surface area (Å²) in [5.41, 5.74) is 1.16. The van der Waals surface area contributed by atoms with Crippen molar-refractivity contribution in [2.45, 2.75) is 25.4 Å². The highest BCUT2D eigenvalue weighted by Crippen LogP contribution is 2.31. The van der Waals surface area contributed by atoms with E-state index in [-0.39, 0.29) is 0 Å². The van der Waals surface area contributed by atoms with Crippen LogP contribution in [0.5, 0.6) is 0 Å². The van der Waals surface area contributed by atoms with Crippen LogP contribution in [0.4, 0.5) is 0 Å². The van der Waals surface area contributed by atoms with Crippen molar-refractivity contribution in [2.24, 2.45) is 0 Å². The standard InChI is InChI=1S/C11H15NO2/c1-9-2-3-10(8-12-9)11(13)4-6-14-7-5-11/h2-3,8,13H,4-7H2,1H3. The molecule has 1 aromatic heterocycles. The fourth-order valence-electron chi connectivity index (χ4n) is 1.74. The Morgan fingerprint density at radius 1 is 1.36 bits per heavy atom. The molecule has 3 nitrogen and oxygen atoms in total. The first-order valence-corrected chi connectivity index (χ1v) is 4.94. The number of aliphatic hydroxyl groups is 1. The summed E-state index contributed by atoms with van der Waals surface area (Å²) < 4.78 is 5.23. The molecule has 1 aliphatic rings. The minimum absolute atomic E-state index is 0.629. The van der Waals surface area contributed by atoms with Gasteiger partial charge in [0.1, 0.15) is 0 Å². The second-order valence-corrected chi connectivity index (χ2v) is 3.83. The van der Waals surface area contributed by atoms with Crippen LogP contribution in [-0.2, 0) is 10.3 Å². The second-order valence-electron chi connectivity index (χ2n) is 3.83. The molecule has 2 rings (SSSR count). The molecular weight excluding hydrogens is 178 g/mol. The Morgan fingerprint density at radius 3 is 2.64 bits per heavy atom. The summed E-state index contributed by atoms with van der Waals surface area (Å²) in [7, 11) is 0. The first kappa shape index (κ1) is 9.62. The Bertz CT molecular complexity index is 302. The fourth-order valence-corrected chi connectivity index (χ4v) is 1.74. The number of hydrogen-bond acceptors (Lipinski definition) is 3. The van der Waals surface area contributed by atoms with Crippen LogP contribution >= 0.6 is 0 Å². The van der Waals surface area contributed by atoms with Gasteiger partial charge in [-0.15, -0.1) is 0 Å². The van der Waals surface area contributed by atoms with Crippen LogP contribution in [0.25, 0.3) is 0 Å². The molecule has 1 fully saturated rings. The van der Waals surface area contributed by atoms with Crippen molar-refractivity contribution >= 4 is 0 Å². The number of ether oxygens (including phenoxy) is 1. The van der Waals surface area contributed by atoms with Gasteiger partial charge < -0.3 is 9.84 Å². The summed E-state index contributed by atoms with van der Waals surface area (Å²) in [6.07, 6.45) is 3.09. The van der Waals surface area contributed by atoms with Crippen LogP contribution in [0.2, 0.25) is 0 Å². The Labute approximate surface area is 83.7 Å². The van der Waals surface area contributed by atoms with Crippen LogP contribution in [0.1, 0.15) is 24.1 Å². The third-order valence-corrected chi connectivity index (χ3v) is 2.77. The predicted molar refractivity (Wildman–Crippen MR) is 52.9 cm³/mol. The highest BCUT2D eigenvalue weighted by Gasteiger charge is 2.31. The summed E-state index contributed by atoms with van der Waals surface area (Å²) >= 11 is 0. The van der Waals surface area contributed by atoms with Gasteiger partial charge in [0.2, 0.25) is 0 Å². The molecule has 76 valence electrons. The van der Waals surface area contributed by atoms with Gasteiger partial charge in [-0.1, -0.05) is 6.07 Å². The maximum atomic E-state index is 10.3. The number of pyridine rings is 1. The Balaban J connectivity index is 2.23. The lowest BCUT2D eigenvalue weighted by Gasteiger charge is -2.32. The van der Waals surface area contributed by atoms with E-state index >= 15 is 0 Å². The predicted octanol–water partition coefficient (Wildman–Crippen LogP) is 1.39. The molecule has 0 unspecified atom stereocenters. The van der Waals surface area contributed by atoms with Crippen LogP contribution in [0, 0.1) is 6.92 Å². The zero-order chi connectivity index (χ0) is 10.0. The van der Waals surface area contributed by atoms with Gasteiger partial charge in [-0.3, -0.25) is 4.98 Å². The van der Waals surface area contributed by atoms with Crippen molar-refractivity contribution in [3.05, 3.63) is 29.6 Å². The smallest absolute Gasteiger partial charge is 0.0955 e. The van der Waals surface area contributed by atoms with E-state index in [1.54, 1.807) is 6.20 Å². The molecule has 2 heterocycles. The van der Waals surface area contributed by atoms with Crippen molar-refractivity contribution in [2.75, 3.05) is 13.2 Å². The van der Waals surface area contributed by atoms with Gasteiger partial charge >= 0.3 is 0 Å². The van der Waals surface area contributed by atoms with Crippen molar-refractivity contribution in [3.8, 4) is 0 Å². The molecular formula is C11H15NO2. The largest absolute Gasteiger partial charge is 0.385 e. The summed E-state index contributed by atoms with van der Waals surface area (Å²) in [5.74, 6) is 0. The molecule has 1 aliphatic heterocycles. The van der Waals surface area contributed by atoms with Gasteiger partial charge in [-0.25, -0.2) is 0 Å². The average Bonchev–Trinajstić information content (AvgIpc) is 2.19. The SMILES string of the molecule is Cc1ccc(C2(O)CCOCC2)cn1. The van der Waals surface area contributed by atoms with Gasteiger partial charge in [0, 0.05) is 43.5 Å². The monoisotopic (exact) mass is 193 g/mol. The average molecular weight is 193 g/mol. The van der Waals surface area contributed by atoms with E-state index in [1.807, 2.05) is 19.1 Å². The van der Waals surface area contributed by atoms with Crippen molar-refractivity contribution in [1.29, 1.82) is 0 Å². The summed E-state index contributed by atoms with van der Waals surface area (Å²) in [4.78, 5) is 4.20. The van der Waals surface area contributed by atoms with Gasteiger partial charge in [-0.2, -0.15) is 0 Å². The van der Waals surface area contributed by atoms with E-state index in [0.717, 1.165) is 11.3 Å². The summed E-state index contributed by atoms with van der Waals surface area (Å²) in [6, 6.07) is 3.89. The molecule has 1 saturated heterocycles. The van der Waals surface area contributed by atoms with E-state index in [0.29, 0.717) is 26.1 Å². The topological polar surface area (TPSA) is 42.4 Å². The van der Waals surface area contributed by atoms with Crippen LogP contribution in [-0.4, -0.2) is 23.3 Å². The van der Waals surface area contributed by atoms with Crippen molar-refractivity contribution < 1.29 is 9.84 Å². The van der Waals surface area contributed by atoms with Crippen molar-refractivity contribution in [1.82, 2.24) is 4.98 Å². The lowest BCUT2D eigenvalue weighted by Crippen LogP contribution is -2.33. The molecule has 3 heteroatoms. The van der Waals surface area contributed by atoms with Crippen LogP contribution in [0.3, 0.4) is 0 Å². The van der Waals surface area contributed by atoms with Gasteiger partial charge in [0.05, 0.1) is 5.60 Å². The highest BCUT2D eigenvalue weighted by molar-refractivity contribution is 5.20. The maximum Gasteiger partial charge on any atom is 0.0955 e. The molecule has 0 aromatic carbocycles. The Kier molecular flexibility index (Phi) is 2.52. The fraction of sp³-hybridized carbons (Fsp3) is 0.545. The highest BCUT2D eigenvalue weighted by atomic mass is 16.5. The molecule has 0 amide bonds. The lowest BCUT2D eigenvalue weighted by atomic mass is 9.87. The number of nitrogens with zero attached hydrogens (tertiary/aromatic N) is 1. The minimum atomic E-state index is -0.723. The van der Waals surface area contributed by atoms with E-state index in [1.165, 1.54) is 0 Å². The van der Waals surface area contributed by atoms with Crippen LogP contribution < -0.4 is 0 Å². The Hall–Kier alpha value is -0.930. The quantitative estimate of drug-likeness (QED) is 0.732. The minimum Gasteiger partial charge on any atom is -0.385 e. The molecule has 0 aliphatic carbocycles. The number of hydrogen-bond donors (Lipinski definition) is 1. The molecule has 0 bridgehead atoms. The zero-order valence-electron chi connectivity index (χ0n) is 8.36. The van der Waals surface area contributed by atoms with E-state index < -0.39 is 5.60 Å². The van der Waals surface area contributed by atoms with Crippen LogP contribution in [0.15, 0.2) is 18.3 Å². The van der Waals surface area contributed by atoms with E-state index in [9.17, 15) is 5.11 Å². The third-order valence-electron chi connectivity index (χ3n) is 2.77. The molecule has 1 aromatic rings. The molecule has 14 heavy (non-hydrogen) atoms. The summed E-state index contributed by atoms with van der Waals surface area (Å²) in [6.45, 7) is 3.20. The lowest BCUT2D eigenvalue weighted by molar-refractivity contribution is -0.0681. The molecule has 0 radical (unpaired) electrons. The third kappa shape index (κ3) is 1.79. The molecule has 0 spiro atoms.